The average Bonchev–Trinajstić information content (AvgIpc) is 3.04. The van der Waals surface area contributed by atoms with Crippen LogP contribution in [0.2, 0.25) is 0 Å². The number of H-pyrrole nitrogens is 1. The molecule has 5 heteroatoms. The van der Waals surface area contributed by atoms with Gasteiger partial charge in [-0.3, -0.25) is 4.79 Å². The van der Waals surface area contributed by atoms with Crippen molar-refractivity contribution in [1.82, 2.24) is 9.97 Å². The van der Waals surface area contributed by atoms with Crippen molar-refractivity contribution >= 4 is 5.82 Å². The van der Waals surface area contributed by atoms with E-state index >= 15 is 0 Å². The first kappa shape index (κ1) is 10.8. The third-order valence-electron chi connectivity index (χ3n) is 3.32. The van der Waals surface area contributed by atoms with E-state index in [2.05, 4.69) is 15.3 Å². The number of rotatable bonds is 4. The van der Waals surface area contributed by atoms with E-state index in [0.29, 0.717) is 17.7 Å². The molecule has 1 saturated heterocycles. The Morgan fingerprint density at radius 3 is 3.06 bits per heavy atom. The molecular weight excluding hydrogens is 218 g/mol. The van der Waals surface area contributed by atoms with Crippen LogP contribution in [0.4, 0.5) is 5.82 Å². The Kier molecular flexibility index (Phi) is 2.84. The molecule has 3 rings (SSSR count). The van der Waals surface area contributed by atoms with Gasteiger partial charge in [0.25, 0.3) is 5.56 Å². The molecule has 1 saturated carbocycles. The van der Waals surface area contributed by atoms with Crippen LogP contribution >= 0.6 is 0 Å². The highest BCUT2D eigenvalue weighted by Crippen LogP contribution is 2.37. The molecule has 1 aromatic heterocycles. The Morgan fingerprint density at radius 1 is 1.47 bits per heavy atom. The van der Waals surface area contributed by atoms with Gasteiger partial charge in [0.05, 0.1) is 6.61 Å². The van der Waals surface area contributed by atoms with Gasteiger partial charge in [0.15, 0.2) is 0 Å². The molecule has 2 N–H and O–H groups in total. The van der Waals surface area contributed by atoms with Crippen LogP contribution in [0.25, 0.3) is 0 Å². The summed E-state index contributed by atoms with van der Waals surface area (Å²) in [5.41, 5.74) is -0.0629. The topological polar surface area (TPSA) is 67.0 Å². The predicted molar refractivity (Wildman–Crippen MR) is 64.2 cm³/mol. The van der Waals surface area contributed by atoms with E-state index in [4.69, 9.17) is 4.74 Å². The van der Waals surface area contributed by atoms with Crippen LogP contribution in [0.15, 0.2) is 10.9 Å². The fourth-order valence-electron chi connectivity index (χ4n) is 2.11. The summed E-state index contributed by atoms with van der Waals surface area (Å²) in [6.07, 6.45) is 3.37. The quantitative estimate of drug-likeness (QED) is 0.820. The maximum absolute atomic E-state index is 11.5. The Bertz CT molecular complexity index is 447. The molecule has 1 aliphatic carbocycles. The highest BCUT2D eigenvalue weighted by Gasteiger charge is 2.26. The van der Waals surface area contributed by atoms with Crippen molar-refractivity contribution in [1.29, 1.82) is 0 Å². The van der Waals surface area contributed by atoms with Gasteiger partial charge in [-0.15, -0.1) is 0 Å². The van der Waals surface area contributed by atoms with Gasteiger partial charge in [-0.05, 0) is 19.3 Å². The van der Waals surface area contributed by atoms with E-state index < -0.39 is 0 Å². The number of hydrogen-bond donors (Lipinski definition) is 2. The zero-order valence-electron chi connectivity index (χ0n) is 9.74. The van der Waals surface area contributed by atoms with Gasteiger partial charge in [-0.25, -0.2) is 4.98 Å². The second-order valence-electron chi connectivity index (χ2n) is 4.90. The number of hydrogen-bond acceptors (Lipinski definition) is 4. The lowest BCUT2D eigenvalue weighted by Crippen LogP contribution is -2.18. The summed E-state index contributed by atoms with van der Waals surface area (Å²) in [7, 11) is 0. The van der Waals surface area contributed by atoms with E-state index in [0.717, 1.165) is 44.8 Å². The highest BCUT2D eigenvalue weighted by molar-refractivity contribution is 5.34. The molecule has 0 radical (unpaired) electrons. The maximum atomic E-state index is 11.5. The summed E-state index contributed by atoms with van der Waals surface area (Å²) in [6, 6.07) is 1.53. The van der Waals surface area contributed by atoms with E-state index in [1.807, 2.05) is 0 Å². The second-order valence-corrected chi connectivity index (χ2v) is 4.90. The van der Waals surface area contributed by atoms with Crippen LogP contribution in [-0.4, -0.2) is 29.7 Å². The Labute approximate surface area is 99.6 Å². The Morgan fingerprint density at radius 2 is 2.35 bits per heavy atom. The second kappa shape index (κ2) is 4.49. The number of nitrogens with zero attached hydrogens (tertiary/aromatic N) is 1. The largest absolute Gasteiger partial charge is 0.381 e. The van der Waals surface area contributed by atoms with E-state index in [1.54, 1.807) is 0 Å². The van der Waals surface area contributed by atoms with Gasteiger partial charge in [0.1, 0.15) is 11.6 Å². The SMILES string of the molecule is O=c1cc(NCC2CCOC2)nc(C2CC2)[nH]1. The van der Waals surface area contributed by atoms with Gasteiger partial charge in [-0.1, -0.05) is 0 Å². The summed E-state index contributed by atoms with van der Waals surface area (Å²) in [5, 5.41) is 3.24. The lowest BCUT2D eigenvalue weighted by atomic mass is 10.1. The summed E-state index contributed by atoms with van der Waals surface area (Å²) < 4.78 is 5.31. The zero-order chi connectivity index (χ0) is 11.7. The van der Waals surface area contributed by atoms with Crippen molar-refractivity contribution in [3.8, 4) is 0 Å². The third kappa shape index (κ3) is 2.66. The van der Waals surface area contributed by atoms with Gasteiger partial charge in [0, 0.05) is 31.1 Å². The summed E-state index contributed by atoms with van der Waals surface area (Å²) in [5.74, 6) is 2.55. The van der Waals surface area contributed by atoms with Crippen molar-refractivity contribution in [2.75, 3.05) is 25.1 Å². The van der Waals surface area contributed by atoms with Crippen molar-refractivity contribution < 1.29 is 4.74 Å². The van der Waals surface area contributed by atoms with Crippen LogP contribution in [0.3, 0.4) is 0 Å². The normalized spacial score (nSPS) is 23.9. The average molecular weight is 235 g/mol. The van der Waals surface area contributed by atoms with E-state index in [1.165, 1.54) is 6.07 Å². The van der Waals surface area contributed by atoms with Crippen LogP contribution in [0.1, 0.15) is 31.0 Å². The first-order chi connectivity index (χ1) is 8.31. The van der Waals surface area contributed by atoms with Crippen molar-refractivity contribution in [2.24, 2.45) is 5.92 Å². The van der Waals surface area contributed by atoms with Gasteiger partial charge in [0.2, 0.25) is 0 Å². The van der Waals surface area contributed by atoms with E-state index in [-0.39, 0.29) is 5.56 Å². The van der Waals surface area contributed by atoms with Gasteiger partial charge in [-0.2, -0.15) is 0 Å². The smallest absolute Gasteiger partial charge is 0.252 e. The first-order valence-electron chi connectivity index (χ1n) is 6.24. The molecule has 2 fully saturated rings. The Balaban J connectivity index is 1.66. The fraction of sp³-hybridized carbons (Fsp3) is 0.667. The molecule has 17 heavy (non-hydrogen) atoms. The van der Waals surface area contributed by atoms with Crippen molar-refractivity contribution in [3.05, 3.63) is 22.2 Å². The number of aromatic nitrogens is 2. The zero-order valence-corrected chi connectivity index (χ0v) is 9.74. The summed E-state index contributed by atoms with van der Waals surface area (Å²) in [6.45, 7) is 2.49. The third-order valence-corrected chi connectivity index (χ3v) is 3.32. The monoisotopic (exact) mass is 235 g/mol. The minimum Gasteiger partial charge on any atom is -0.381 e. The molecule has 0 spiro atoms. The fourth-order valence-corrected chi connectivity index (χ4v) is 2.11. The summed E-state index contributed by atoms with van der Waals surface area (Å²) in [4.78, 5) is 18.7. The molecule has 0 amide bonds. The molecule has 2 heterocycles. The highest BCUT2D eigenvalue weighted by atomic mass is 16.5. The molecule has 92 valence electrons. The van der Waals surface area contributed by atoms with Crippen molar-refractivity contribution in [3.63, 3.8) is 0 Å². The minimum atomic E-state index is -0.0629. The molecular formula is C12H17N3O2. The summed E-state index contributed by atoms with van der Waals surface area (Å²) >= 11 is 0. The van der Waals surface area contributed by atoms with Gasteiger partial charge >= 0.3 is 0 Å². The number of ether oxygens (including phenoxy) is 1. The van der Waals surface area contributed by atoms with Crippen LogP contribution in [0.5, 0.6) is 0 Å². The lowest BCUT2D eigenvalue weighted by molar-refractivity contribution is 0.187. The molecule has 1 unspecified atom stereocenters. The number of nitrogens with one attached hydrogen (secondary N) is 2. The predicted octanol–water partition coefficient (Wildman–Crippen LogP) is 1.10. The molecule has 0 aromatic carbocycles. The molecule has 1 aliphatic heterocycles. The molecule has 2 aliphatic rings. The number of anilines is 1. The Hall–Kier alpha value is -1.36. The van der Waals surface area contributed by atoms with Crippen LogP contribution in [0, 0.1) is 5.92 Å². The number of aromatic amines is 1. The maximum Gasteiger partial charge on any atom is 0.252 e. The molecule has 5 nitrogen and oxygen atoms in total. The van der Waals surface area contributed by atoms with Crippen LogP contribution < -0.4 is 10.9 Å². The molecule has 1 atom stereocenters. The van der Waals surface area contributed by atoms with Gasteiger partial charge < -0.3 is 15.0 Å². The lowest BCUT2D eigenvalue weighted by Gasteiger charge is -2.10. The van der Waals surface area contributed by atoms with Crippen LogP contribution in [-0.2, 0) is 4.74 Å². The van der Waals surface area contributed by atoms with Crippen molar-refractivity contribution in [2.45, 2.75) is 25.2 Å². The molecule has 1 aromatic rings. The minimum absolute atomic E-state index is 0.0629. The molecule has 0 bridgehead atoms. The first-order valence-corrected chi connectivity index (χ1v) is 6.24. The standard InChI is InChI=1S/C12H17N3O2/c16-11-5-10(13-6-8-3-4-17-7-8)14-12(15-11)9-1-2-9/h5,8-9H,1-4,6-7H2,(H2,13,14,15,16). The van der Waals surface area contributed by atoms with E-state index in [9.17, 15) is 4.79 Å².